The summed E-state index contributed by atoms with van der Waals surface area (Å²) < 4.78 is 9.99. The summed E-state index contributed by atoms with van der Waals surface area (Å²) in [5.74, 6) is -0.319. The van der Waals surface area contributed by atoms with Gasteiger partial charge >= 0.3 is 5.97 Å². The van der Waals surface area contributed by atoms with Gasteiger partial charge in [0.15, 0.2) is 0 Å². The van der Waals surface area contributed by atoms with Crippen molar-refractivity contribution in [3.05, 3.63) is 47.5 Å². The second kappa shape index (κ2) is 8.66. The minimum atomic E-state index is -0.319. The maximum atomic E-state index is 11.2. The number of aryl methyl sites for hydroxylation is 1. The van der Waals surface area contributed by atoms with E-state index in [1.165, 1.54) is 11.1 Å². The Morgan fingerprint density at radius 1 is 1.21 bits per heavy atom. The predicted octanol–water partition coefficient (Wildman–Crippen LogP) is 2.38. The maximum absolute atomic E-state index is 11.2. The molecular formula is C15H19O3Si. The van der Waals surface area contributed by atoms with E-state index >= 15 is 0 Å². The van der Waals surface area contributed by atoms with Gasteiger partial charge in [-0.25, -0.2) is 4.79 Å². The fraction of sp³-hybridized carbons (Fsp3) is 0.400. The van der Waals surface area contributed by atoms with E-state index in [0.717, 1.165) is 19.3 Å². The Morgan fingerprint density at radius 2 is 1.84 bits per heavy atom. The van der Waals surface area contributed by atoms with Crippen LogP contribution in [0.2, 0.25) is 0 Å². The molecule has 0 aliphatic carbocycles. The van der Waals surface area contributed by atoms with Crippen molar-refractivity contribution in [2.24, 2.45) is 0 Å². The van der Waals surface area contributed by atoms with E-state index in [-0.39, 0.29) is 5.97 Å². The van der Waals surface area contributed by atoms with Gasteiger partial charge in [0.1, 0.15) is 0 Å². The van der Waals surface area contributed by atoms with Gasteiger partial charge in [0, 0.05) is 12.2 Å². The van der Waals surface area contributed by atoms with Gasteiger partial charge in [-0.1, -0.05) is 30.8 Å². The molecule has 1 aromatic carbocycles. The van der Waals surface area contributed by atoms with Crippen LogP contribution in [-0.2, 0) is 26.8 Å². The first kappa shape index (κ1) is 15.7. The van der Waals surface area contributed by atoms with Gasteiger partial charge in [-0.05, 0) is 37.3 Å². The van der Waals surface area contributed by atoms with E-state index in [1.807, 2.05) is 12.1 Å². The van der Waals surface area contributed by atoms with Crippen molar-refractivity contribution in [1.82, 2.24) is 0 Å². The van der Waals surface area contributed by atoms with Gasteiger partial charge in [0.05, 0.1) is 6.61 Å². The van der Waals surface area contributed by atoms with Gasteiger partial charge in [-0.3, -0.25) is 0 Å². The minimum absolute atomic E-state index is 0.319. The number of ether oxygens (including phenoxy) is 1. The smallest absolute Gasteiger partial charge is 0.333 e. The third-order valence-corrected chi connectivity index (χ3v) is 2.97. The molecule has 19 heavy (non-hydrogen) atoms. The summed E-state index contributed by atoms with van der Waals surface area (Å²) >= 11 is 0. The van der Waals surface area contributed by atoms with Crippen LogP contribution in [0.5, 0.6) is 0 Å². The number of rotatable bonds is 8. The van der Waals surface area contributed by atoms with Gasteiger partial charge in [-0.2, -0.15) is 0 Å². The van der Waals surface area contributed by atoms with Crippen LogP contribution in [0.25, 0.3) is 0 Å². The summed E-state index contributed by atoms with van der Waals surface area (Å²) in [6.45, 7) is 6.26. The lowest BCUT2D eigenvalue weighted by Gasteiger charge is -2.09. The van der Waals surface area contributed by atoms with Crippen LogP contribution in [0, 0.1) is 0 Å². The van der Waals surface area contributed by atoms with E-state index in [9.17, 15) is 4.79 Å². The zero-order valence-corrected chi connectivity index (χ0v) is 12.3. The highest BCUT2D eigenvalue weighted by molar-refractivity contribution is 5.97. The molecule has 0 heterocycles. The van der Waals surface area contributed by atoms with Crippen molar-refractivity contribution < 1.29 is 14.0 Å². The normalized spacial score (nSPS) is 10.2. The highest BCUT2D eigenvalue weighted by atomic mass is 28.2. The van der Waals surface area contributed by atoms with E-state index in [4.69, 9.17) is 9.16 Å². The first-order valence-corrected chi connectivity index (χ1v) is 6.74. The van der Waals surface area contributed by atoms with E-state index in [1.54, 1.807) is 6.92 Å². The third kappa shape index (κ3) is 5.85. The zero-order chi connectivity index (χ0) is 14.1. The van der Waals surface area contributed by atoms with Crippen LogP contribution in [0.3, 0.4) is 0 Å². The molecule has 0 aliphatic heterocycles. The first-order chi connectivity index (χ1) is 9.15. The molecule has 1 aromatic rings. The number of carbonyl (C=O) groups excluding carboxylic acids is 1. The molecule has 0 spiro atoms. The minimum Gasteiger partial charge on any atom is -0.462 e. The average molecular weight is 275 g/mol. The summed E-state index contributed by atoms with van der Waals surface area (Å²) in [4.78, 5) is 11.2. The SMILES string of the molecule is C=C(C)C(=O)OCCCc1ccccc1CCO[Si]. The highest BCUT2D eigenvalue weighted by Gasteiger charge is 2.04. The molecule has 0 saturated heterocycles. The van der Waals surface area contributed by atoms with Crippen molar-refractivity contribution >= 4 is 16.5 Å². The van der Waals surface area contributed by atoms with E-state index in [0.29, 0.717) is 18.8 Å². The molecule has 0 aromatic heterocycles. The second-order valence-corrected chi connectivity index (χ2v) is 4.68. The number of benzene rings is 1. The Morgan fingerprint density at radius 3 is 2.42 bits per heavy atom. The van der Waals surface area contributed by atoms with Crippen molar-refractivity contribution in [2.75, 3.05) is 13.2 Å². The largest absolute Gasteiger partial charge is 0.462 e. The molecule has 101 valence electrons. The lowest BCUT2D eigenvalue weighted by molar-refractivity contribution is -0.139. The van der Waals surface area contributed by atoms with E-state index < -0.39 is 0 Å². The molecule has 0 bridgehead atoms. The molecular weight excluding hydrogens is 256 g/mol. The Balaban J connectivity index is 2.40. The molecule has 0 saturated carbocycles. The van der Waals surface area contributed by atoms with Crippen LogP contribution in [0.15, 0.2) is 36.4 Å². The zero-order valence-electron chi connectivity index (χ0n) is 11.3. The molecule has 3 nitrogen and oxygen atoms in total. The summed E-state index contributed by atoms with van der Waals surface area (Å²) in [5, 5.41) is 0. The predicted molar refractivity (Wildman–Crippen MR) is 75.9 cm³/mol. The summed E-state index contributed by atoms with van der Waals surface area (Å²) in [5.41, 5.74) is 2.99. The molecule has 0 atom stereocenters. The van der Waals surface area contributed by atoms with Gasteiger partial charge in [-0.15, -0.1) is 0 Å². The molecule has 0 unspecified atom stereocenters. The fourth-order valence-electron chi connectivity index (χ4n) is 1.76. The van der Waals surface area contributed by atoms with Gasteiger partial charge in [0.25, 0.3) is 0 Å². The van der Waals surface area contributed by atoms with Crippen molar-refractivity contribution in [3.63, 3.8) is 0 Å². The molecule has 0 fully saturated rings. The molecule has 0 N–H and O–H groups in total. The number of hydrogen-bond acceptors (Lipinski definition) is 3. The van der Waals surface area contributed by atoms with Crippen molar-refractivity contribution in [3.8, 4) is 0 Å². The molecule has 1 rings (SSSR count). The summed E-state index contributed by atoms with van der Waals surface area (Å²) in [6.07, 6.45) is 2.57. The lowest BCUT2D eigenvalue weighted by Crippen LogP contribution is -2.07. The summed E-state index contributed by atoms with van der Waals surface area (Å²) in [6, 6.07) is 8.24. The lowest BCUT2D eigenvalue weighted by atomic mass is 10.0. The number of hydrogen-bond donors (Lipinski definition) is 0. The molecule has 0 aliphatic rings. The van der Waals surface area contributed by atoms with Crippen LogP contribution >= 0.6 is 0 Å². The van der Waals surface area contributed by atoms with Crippen LogP contribution < -0.4 is 0 Å². The number of carbonyl (C=O) groups is 1. The highest BCUT2D eigenvalue weighted by Crippen LogP contribution is 2.12. The van der Waals surface area contributed by atoms with E-state index in [2.05, 4.69) is 29.2 Å². The molecule has 0 amide bonds. The number of esters is 1. The average Bonchev–Trinajstić information content (AvgIpc) is 2.42. The van der Waals surface area contributed by atoms with Gasteiger partial charge in [0.2, 0.25) is 10.5 Å². The standard InChI is InChI=1S/C15H19O3Si/c1-12(2)15(16)17-10-5-8-13-6-3-4-7-14(13)9-11-18-19/h3-4,6-7H,1,5,8-11H2,2H3. The topological polar surface area (TPSA) is 35.5 Å². The van der Waals surface area contributed by atoms with Crippen LogP contribution in [-0.4, -0.2) is 29.7 Å². The van der Waals surface area contributed by atoms with Crippen molar-refractivity contribution in [1.29, 1.82) is 0 Å². The fourth-order valence-corrected chi connectivity index (χ4v) is 1.86. The third-order valence-electron chi connectivity index (χ3n) is 2.76. The van der Waals surface area contributed by atoms with Gasteiger partial charge < -0.3 is 9.16 Å². The van der Waals surface area contributed by atoms with Crippen LogP contribution in [0.1, 0.15) is 24.5 Å². The second-order valence-electron chi connectivity index (χ2n) is 4.39. The Bertz CT molecular complexity index is 429. The summed E-state index contributed by atoms with van der Waals surface area (Å²) in [7, 11) is 3.01. The monoisotopic (exact) mass is 275 g/mol. The quantitative estimate of drug-likeness (QED) is 0.316. The Labute approximate surface area is 118 Å². The maximum Gasteiger partial charge on any atom is 0.333 e. The Kier molecular flexibility index (Phi) is 7.14. The first-order valence-electron chi connectivity index (χ1n) is 6.33. The molecule has 4 heteroatoms. The van der Waals surface area contributed by atoms with Crippen molar-refractivity contribution in [2.45, 2.75) is 26.2 Å². The Hall–Kier alpha value is -1.39. The van der Waals surface area contributed by atoms with Crippen LogP contribution in [0.4, 0.5) is 0 Å². The molecule has 3 radical (unpaired) electrons.